The van der Waals surface area contributed by atoms with Crippen molar-refractivity contribution in [3.05, 3.63) is 0 Å². The smallest absolute Gasteiger partial charge is 0.322 e. The maximum atomic E-state index is 10.9. The lowest BCUT2D eigenvalue weighted by atomic mass is 10.4. The topological polar surface area (TPSA) is 43.8 Å². The Balaban J connectivity index is 2.46. The van der Waals surface area contributed by atoms with Gasteiger partial charge in [-0.1, -0.05) is 0 Å². The minimum absolute atomic E-state index is 0.577. The second kappa shape index (κ2) is 3.42. The zero-order valence-electron chi connectivity index (χ0n) is 6.40. The van der Waals surface area contributed by atoms with Gasteiger partial charge >= 0.3 is 6.87 Å². The van der Waals surface area contributed by atoms with E-state index in [1.165, 1.54) is 4.67 Å². The van der Waals surface area contributed by atoms with Gasteiger partial charge in [-0.3, -0.25) is 4.57 Å². The summed E-state index contributed by atoms with van der Waals surface area (Å²) in [5.41, 5.74) is 0. The van der Waals surface area contributed by atoms with Gasteiger partial charge < -0.3 is 9.79 Å². The molecule has 6 heteroatoms. The Morgan fingerprint density at radius 3 is 2.18 bits per heavy atom. The molecular formula is C5H12ClN2O2P. The quantitative estimate of drug-likeness (QED) is 0.626. The second-order valence-electron chi connectivity index (χ2n) is 2.73. The molecule has 66 valence electrons. The Morgan fingerprint density at radius 1 is 1.36 bits per heavy atom. The lowest BCUT2D eigenvalue weighted by Crippen LogP contribution is -2.41. The number of likely N-dealkylation sites (N-methyl/N-ethyl adjacent to an activating group) is 1. The molecule has 1 unspecified atom stereocenters. The van der Waals surface area contributed by atoms with Gasteiger partial charge in [0.05, 0.1) is 0 Å². The van der Waals surface area contributed by atoms with E-state index >= 15 is 0 Å². The molecule has 0 aromatic rings. The molecule has 1 atom stereocenters. The highest BCUT2D eigenvalue weighted by Crippen LogP contribution is 2.50. The maximum Gasteiger partial charge on any atom is 0.360 e. The fourth-order valence-corrected chi connectivity index (χ4v) is 2.17. The molecule has 1 N–H and O–H groups in total. The summed E-state index contributed by atoms with van der Waals surface area (Å²) in [7, 11) is 1.98. The monoisotopic (exact) mass is 198 g/mol. The van der Waals surface area contributed by atoms with Gasteiger partial charge in [-0.05, 0) is 18.3 Å². The van der Waals surface area contributed by atoms with E-state index < -0.39 is 6.87 Å². The predicted octanol–water partition coefficient (Wildman–Crippen LogP) is 0.573. The van der Waals surface area contributed by atoms with Crippen LogP contribution in [0.3, 0.4) is 0 Å². The van der Waals surface area contributed by atoms with Crippen molar-refractivity contribution in [3.63, 3.8) is 0 Å². The molecule has 0 amide bonds. The molecule has 0 bridgehead atoms. The zero-order valence-corrected chi connectivity index (χ0v) is 8.05. The van der Waals surface area contributed by atoms with E-state index in [-0.39, 0.29) is 0 Å². The number of rotatable bonds is 1. The van der Waals surface area contributed by atoms with Crippen LogP contribution in [-0.2, 0) is 4.57 Å². The summed E-state index contributed by atoms with van der Waals surface area (Å²) < 4.78 is 12.3. The van der Waals surface area contributed by atoms with Gasteiger partial charge in [0.2, 0.25) is 0 Å². The van der Waals surface area contributed by atoms with Crippen molar-refractivity contribution in [3.8, 4) is 0 Å². The highest BCUT2D eigenvalue weighted by molar-refractivity contribution is 7.82. The summed E-state index contributed by atoms with van der Waals surface area (Å²) in [4.78, 5) is 11.1. The van der Waals surface area contributed by atoms with Gasteiger partial charge in [0.15, 0.2) is 0 Å². The zero-order chi connectivity index (χ0) is 8.48. The molecule has 0 aromatic heterocycles. The average molecular weight is 199 g/mol. The van der Waals surface area contributed by atoms with Crippen molar-refractivity contribution >= 4 is 18.1 Å². The van der Waals surface area contributed by atoms with Gasteiger partial charge in [0, 0.05) is 26.2 Å². The predicted molar refractivity (Wildman–Crippen MR) is 44.7 cm³/mol. The van der Waals surface area contributed by atoms with Crippen LogP contribution in [0, 0.1) is 0 Å². The summed E-state index contributed by atoms with van der Waals surface area (Å²) in [5.74, 6) is 0. The molecule has 1 saturated heterocycles. The first-order valence-electron chi connectivity index (χ1n) is 3.46. The number of piperazine rings is 1. The van der Waals surface area contributed by atoms with Crippen LogP contribution in [0.5, 0.6) is 0 Å². The molecule has 1 aliphatic heterocycles. The number of hydrogen-bond acceptors (Lipinski definition) is 2. The fraction of sp³-hybridized carbons (Fsp3) is 1.00. The third-order valence-electron chi connectivity index (χ3n) is 1.83. The van der Waals surface area contributed by atoms with Gasteiger partial charge in [0.25, 0.3) is 0 Å². The molecule has 1 rings (SSSR count). The number of nitrogens with zero attached hydrogens (tertiary/aromatic N) is 2. The van der Waals surface area contributed by atoms with E-state index in [0.717, 1.165) is 13.1 Å². The Labute approximate surface area is 71.0 Å². The van der Waals surface area contributed by atoms with Crippen molar-refractivity contribution in [2.45, 2.75) is 0 Å². The molecule has 11 heavy (non-hydrogen) atoms. The van der Waals surface area contributed by atoms with E-state index in [1.807, 2.05) is 7.05 Å². The lowest BCUT2D eigenvalue weighted by molar-refractivity contribution is 0.211. The van der Waals surface area contributed by atoms with Crippen LogP contribution in [0.25, 0.3) is 0 Å². The van der Waals surface area contributed by atoms with Gasteiger partial charge in [-0.15, -0.1) is 0 Å². The average Bonchev–Trinajstić information content (AvgIpc) is 1.86. The molecule has 0 spiro atoms. The number of halogens is 1. The van der Waals surface area contributed by atoms with Crippen LogP contribution < -0.4 is 0 Å². The molecule has 1 fully saturated rings. The standard InChI is InChI=1S/C5H12ClN2O2P/c1-7-2-4-8(5-3-7)11(6,9)10/h2-5H2,1H3,(H,9,10). The van der Waals surface area contributed by atoms with Crippen LogP contribution >= 0.6 is 18.1 Å². The summed E-state index contributed by atoms with van der Waals surface area (Å²) in [5, 5.41) is 0. The summed E-state index contributed by atoms with van der Waals surface area (Å²) in [6, 6.07) is 0. The first-order valence-corrected chi connectivity index (χ1v) is 5.98. The Kier molecular flexibility index (Phi) is 2.95. The largest absolute Gasteiger partial charge is 0.360 e. The molecule has 0 radical (unpaired) electrons. The van der Waals surface area contributed by atoms with E-state index in [0.29, 0.717) is 13.1 Å². The fourth-order valence-electron chi connectivity index (χ4n) is 1.04. The van der Waals surface area contributed by atoms with Crippen molar-refractivity contribution in [2.75, 3.05) is 33.2 Å². The first-order chi connectivity index (χ1) is 5.00. The van der Waals surface area contributed by atoms with Gasteiger partial charge in [0.1, 0.15) is 0 Å². The first kappa shape index (κ1) is 9.49. The minimum atomic E-state index is -3.49. The SMILES string of the molecule is CN1CCN(P(=O)(O)Cl)CC1. The van der Waals surface area contributed by atoms with E-state index in [9.17, 15) is 4.57 Å². The Hall–Kier alpha value is 0.400. The number of hydrogen-bond donors (Lipinski definition) is 1. The van der Waals surface area contributed by atoms with E-state index in [4.69, 9.17) is 16.1 Å². The van der Waals surface area contributed by atoms with Gasteiger partial charge in [-0.2, -0.15) is 0 Å². The van der Waals surface area contributed by atoms with Crippen LogP contribution in [0.15, 0.2) is 0 Å². The molecule has 0 aliphatic carbocycles. The van der Waals surface area contributed by atoms with Crippen LogP contribution in [-0.4, -0.2) is 47.7 Å². The molecule has 1 aliphatic rings. The molecule has 1 heterocycles. The van der Waals surface area contributed by atoms with Crippen molar-refractivity contribution in [1.29, 1.82) is 0 Å². The van der Waals surface area contributed by atoms with Gasteiger partial charge in [-0.25, -0.2) is 4.67 Å². The van der Waals surface area contributed by atoms with E-state index in [1.54, 1.807) is 0 Å². The minimum Gasteiger partial charge on any atom is -0.322 e. The molecular weight excluding hydrogens is 186 g/mol. The Bertz CT molecular complexity index is 175. The third-order valence-corrected chi connectivity index (χ3v) is 3.57. The highest BCUT2D eigenvalue weighted by atomic mass is 35.7. The van der Waals surface area contributed by atoms with Crippen LogP contribution in [0.4, 0.5) is 0 Å². The summed E-state index contributed by atoms with van der Waals surface area (Å²) in [6.07, 6.45) is 0. The second-order valence-corrected chi connectivity index (χ2v) is 5.56. The Morgan fingerprint density at radius 2 is 1.82 bits per heavy atom. The summed E-state index contributed by atoms with van der Waals surface area (Å²) in [6.45, 7) is -0.729. The normalized spacial score (nSPS) is 28.3. The summed E-state index contributed by atoms with van der Waals surface area (Å²) >= 11 is 5.28. The highest BCUT2D eigenvalue weighted by Gasteiger charge is 2.27. The van der Waals surface area contributed by atoms with Crippen LogP contribution in [0.1, 0.15) is 0 Å². The van der Waals surface area contributed by atoms with Crippen LogP contribution in [0.2, 0.25) is 0 Å². The molecule has 0 saturated carbocycles. The van der Waals surface area contributed by atoms with Crippen molar-refractivity contribution in [1.82, 2.24) is 9.57 Å². The van der Waals surface area contributed by atoms with Crippen molar-refractivity contribution in [2.24, 2.45) is 0 Å². The van der Waals surface area contributed by atoms with E-state index in [2.05, 4.69) is 4.90 Å². The molecule has 0 aromatic carbocycles. The third kappa shape index (κ3) is 2.73. The maximum absolute atomic E-state index is 10.9. The molecule has 4 nitrogen and oxygen atoms in total. The lowest BCUT2D eigenvalue weighted by Gasteiger charge is -2.32. The van der Waals surface area contributed by atoms with Crippen molar-refractivity contribution < 1.29 is 9.46 Å².